The first-order chi connectivity index (χ1) is 12.6. The number of carbonyl (C=O) groups excluding carboxylic acids is 2. The molecule has 0 unspecified atom stereocenters. The smallest absolute Gasteiger partial charge is 0.178 e. The minimum atomic E-state index is -2.10. The number of carbonyl (C=O) groups is 2. The van der Waals surface area contributed by atoms with Crippen LogP contribution in [0.15, 0.2) is 23.8 Å². The Kier molecular flexibility index (Phi) is 4.07. The highest BCUT2D eigenvalue weighted by Gasteiger charge is 2.72. The van der Waals surface area contributed by atoms with Gasteiger partial charge in [0, 0.05) is 17.3 Å². The Morgan fingerprint density at radius 1 is 1.30 bits per heavy atom. The fourth-order valence-corrected chi connectivity index (χ4v) is 6.84. The first-order valence-corrected chi connectivity index (χ1v) is 9.69. The average molecular weight is 380 g/mol. The van der Waals surface area contributed by atoms with Crippen LogP contribution < -0.4 is 0 Å². The molecular weight excluding hydrogens is 354 g/mol. The molecule has 0 aromatic heterocycles. The van der Waals surface area contributed by atoms with Gasteiger partial charge in [0.15, 0.2) is 17.2 Å². The Bertz CT molecular complexity index is 761. The summed E-state index contributed by atoms with van der Waals surface area (Å²) >= 11 is 0. The third-order valence-electron chi connectivity index (χ3n) is 8.17. The van der Waals surface area contributed by atoms with Crippen molar-refractivity contribution in [2.24, 2.45) is 28.6 Å². The second kappa shape index (κ2) is 5.80. The third-order valence-corrected chi connectivity index (χ3v) is 8.17. The van der Waals surface area contributed by atoms with E-state index < -0.39 is 47.2 Å². The molecule has 4 rings (SSSR count). The molecule has 0 heterocycles. The number of hydrogen-bond acceptors (Lipinski definition) is 4. The molecule has 3 saturated carbocycles. The van der Waals surface area contributed by atoms with Crippen LogP contribution in [0, 0.1) is 28.6 Å². The molecule has 6 heteroatoms. The van der Waals surface area contributed by atoms with Gasteiger partial charge in [-0.15, -0.1) is 0 Å². The van der Waals surface area contributed by atoms with Crippen LogP contribution in [0.5, 0.6) is 0 Å². The van der Waals surface area contributed by atoms with E-state index in [9.17, 15) is 19.8 Å². The summed E-state index contributed by atoms with van der Waals surface area (Å²) in [6, 6.07) is 0. The largest absolute Gasteiger partial charge is 0.390 e. The van der Waals surface area contributed by atoms with Gasteiger partial charge >= 0.3 is 0 Å². The van der Waals surface area contributed by atoms with Gasteiger partial charge in [-0.2, -0.15) is 0 Å². The predicted molar refractivity (Wildman–Crippen MR) is 94.2 cm³/mol. The molecule has 0 radical (unpaired) electrons. The zero-order valence-corrected chi connectivity index (χ0v) is 15.6. The minimum absolute atomic E-state index is 0.0860. The van der Waals surface area contributed by atoms with E-state index in [1.54, 1.807) is 6.92 Å². The number of halogens is 2. The zero-order chi connectivity index (χ0) is 19.8. The second-order valence-electron chi connectivity index (χ2n) is 9.20. The number of allylic oxidation sites excluding steroid dienone is 4. The first kappa shape index (κ1) is 18.9. The van der Waals surface area contributed by atoms with Crippen molar-refractivity contribution in [3.8, 4) is 0 Å². The Labute approximate surface area is 157 Å². The molecule has 148 valence electrons. The van der Waals surface area contributed by atoms with Gasteiger partial charge in [0.05, 0.1) is 6.10 Å². The van der Waals surface area contributed by atoms with Crippen molar-refractivity contribution in [3.63, 3.8) is 0 Å². The van der Waals surface area contributed by atoms with Gasteiger partial charge in [0.1, 0.15) is 12.8 Å². The van der Waals surface area contributed by atoms with Crippen molar-refractivity contribution >= 4 is 11.6 Å². The SMILES string of the molecule is C[C@]12C[C@H](O)[C@@]3(F)[C@@H](C[C@H](F)C4=CC(=O)C=C[C@@]43C)[C@@H]1CC[C@@H]2C(=O)CO. The van der Waals surface area contributed by atoms with Crippen molar-refractivity contribution in [3.05, 3.63) is 23.8 Å². The maximum absolute atomic E-state index is 16.7. The summed E-state index contributed by atoms with van der Waals surface area (Å²) < 4.78 is 31.8. The fourth-order valence-electron chi connectivity index (χ4n) is 6.84. The van der Waals surface area contributed by atoms with Gasteiger partial charge in [-0.05, 0) is 61.7 Å². The van der Waals surface area contributed by atoms with Crippen LogP contribution in [-0.2, 0) is 9.59 Å². The molecule has 4 aliphatic carbocycles. The molecule has 0 bridgehead atoms. The highest BCUT2D eigenvalue weighted by Crippen LogP contribution is 2.69. The van der Waals surface area contributed by atoms with E-state index in [1.807, 2.05) is 6.92 Å². The maximum Gasteiger partial charge on any atom is 0.178 e. The maximum atomic E-state index is 16.7. The van der Waals surface area contributed by atoms with Gasteiger partial charge in [0.2, 0.25) is 0 Å². The summed E-state index contributed by atoms with van der Waals surface area (Å²) in [4.78, 5) is 24.0. The summed E-state index contributed by atoms with van der Waals surface area (Å²) in [7, 11) is 0. The normalized spacial score (nSPS) is 51.3. The van der Waals surface area contributed by atoms with E-state index >= 15 is 8.78 Å². The van der Waals surface area contributed by atoms with Crippen LogP contribution in [-0.4, -0.2) is 46.3 Å². The summed E-state index contributed by atoms with van der Waals surface area (Å²) in [6.45, 7) is 2.86. The molecule has 8 atom stereocenters. The second-order valence-corrected chi connectivity index (χ2v) is 9.20. The number of alkyl halides is 2. The molecule has 0 amide bonds. The van der Waals surface area contributed by atoms with E-state index in [-0.39, 0.29) is 35.9 Å². The first-order valence-electron chi connectivity index (χ1n) is 9.69. The van der Waals surface area contributed by atoms with Crippen LogP contribution >= 0.6 is 0 Å². The lowest BCUT2D eigenvalue weighted by molar-refractivity contribution is -0.202. The average Bonchev–Trinajstić information content (AvgIpc) is 2.95. The molecule has 2 N–H and O–H groups in total. The van der Waals surface area contributed by atoms with Gasteiger partial charge < -0.3 is 10.2 Å². The van der Waals surface area contributed by atoms with Crippen molar-refractivity contribution in [2.45, 2.75) is 57.5 Å². The molecular formula is C21H26F2O4. The lowest BCUT2D eigenvalue weighted by atomic mass is 9.45. The zero-order valence-electron chi connectivity index (χ0n) is 15.6. The van der Waals surface area contributed by atoms with Crippen LogP contribution in [0.1, 0.15) is 39.5 Å². The molecule has 0 saturated heterocycles. The van der Waals surface area contributed by atoms with Crippen molar-refractivity contribution in [1.29, 1.82) is 0 Å². The van der Waals surface area contributed by atoms with Crippen LogP contribution in [0.2, 0.25) is 0 Å². The summed E-state index contributed by atoms with van der Waals surface area (Å²) in [6.07, 6.45) is 2.09. The summed E-state index contributed by atoms with van der Waals surface area (Å²) in [5, 5.41) is 20.3. The molecule has 27 heavy (non-hydrogen) atoms. The summed E-state index contributed by atoms with van der Waals surface area (Å²) in [5.74, 6) is -2.11. The molecule has 0 aromatic rings. The monoisotopic (exact) mass is 380 g/mol. The number of aliphatic hydroxyl groups excluding tert-OH is 2. The Hall–Kier alpha value is -1.40. The van der Waals surface area contributed by atoms with Crippen LogP contribution in [0.25, 0.3) is 0 Å². The van der Waals surface area contributed by atoms with Crippen LogP contribution in [0.4, 0.5) is 8.78 Å². The van der Waals surface area contributed by atoms with Crippen LogP contribution in [0.3, 0.4) is 0 Å². The number of fused-ring (bicyclic) bond motifs is 5. The predicted octanol–water partition coefficient (Wildman–Crippen LogP) is 2.48. The van der Waals surface area contributed by atoms with Crippen molar-refractivity contribution < 1.29 is 28.6 Å². The molecule has 0 aromatic carbocycles. The van der Waals surface area contributed by atoms with Gasteiger partial charge in [0.25, 0.3) is 0 Å². The number of hydrogen-bond donors (Lipinski definition) is 2. The standard InChI is InChI=1S/C21H26F2O4/c1-19-9-18(27)21(23)14(12(19)3-4-13(19)17(26)10-24)8-16(22)15-7-11(25)5-6-20(15,21)2/h5-7,12-14,16,18,24,27H,3-4,8-10H2,1-2H3/t12-,13+,14-,16-,18-,19-,20-,21-/m0/s1. The molecule has 3 fully saturated rings. The Morgan fingerprint density at radius 2 is 2.00 bits per heavy atom. The quantitative estimate of drug-likeness (QED) is 0.772. The molecule has 0 spiro atoms. The van der Waals surface area contributed by atoms with E-state index in [1.165, 1.54) is 18.2 Å². The lowest BCUT2D eigenvalue weighted by Gasteiger charge is -2.62. The van der Waals surface area contributed by atoms with Gasteiger partial charge in [-0.1, -0.05) is 13.0 Å². The van der Waals surface area contributed by atoms with Crippen molar-refractivity contribution in [1.82, 2.24) is 0 Å². The van der Waals surface area contributed by atoms with Gasteiger partial charge in [-0.3, -0.25) is 9.59 Å². The number of Topliss-reactive ketones (excluding diaryl/α,β-unsaturated/α-hetero) is 1. The third kappa shape index (κ3) is 2.20. The summed E-state index contributed by atoms with van der Waals surface area (Å²) in [5.41, 5.74) is -4.04. The van der Waals surface area contributed by atoms with Gasteiger partial charge in [-0.25, -0.2) is 8.78 Å². The minimum Gasteiger partial charge on any atom is -0.390 e. The fraction of sp³-hybridized carbons (Fsp3) is 0.714. The van der Waals surface area contributed by atoms with E-state index in [4.69, 9.17) is 0 Å². The number of aliphatic hydroxyl groups is 2. The Balaban J connectivity index is 1.81. The number of rotatable bonds is 2. The molecule has 4 nitrogen and oxygen atoms in total. The molecule has 0 aliphatic heterocycles. The number of ketones is 2. The van der Waals surface area contributed by atoms with Crippen molar-refractivity contribution in [2.75, 3.05) is 6.61 Å². The molecule has 4 aliphatic rings. The van der Waals surface area contributed by atoms with E-state index in [0.29, 0.717) is 12.8 Å². The Morgan fingerprint density at radius 3 is 2.67 bits per heavy atom. The highest BCUT2D eigenvalue weighted by molar-refractivity contribution is 6.01. The topological polar surface area (TPSA) is 74.6 Å². The van der Waals surface area contributed by atoms with E-state index in [0.717, 1.165) is 0 Å². The lowest BCUT2D eigenvalue weighted by Crippen LogP contribution is -2.68. The highest BCUT2D eigenvalue weighted by atomic mass is 19.1. The van der Waals surface area contributed by atoms with E-state index in [2.05, 4.69) is 0 Å².